The number of nitrogens with one attached hydrogen (secondary N) is 1. The van der Waals surface area contributed by atoms with Gasteiger partial charge in [0.1, 0.15) is 0 Å². The number of hydrogen-bond acceptors (Lipinski definition) is 5. The molecule has 2 rings (SSSR count). The number of nitrogens with zero attached hydrogens (tertiary/aromatic N) is 2. The summed E-state index contributed by atoms with van der Waals surface area (Å²) in [6, 6.07) is 2.88. The van der Waals surface area contributed by atoms with E-state index >= 15 is 0 Å². The Balaban J connectivity index is 2.36. The van der Waals surface area contributed by atoms with Crippen LogP contribution in [0.1, 0.15) is 18.4 Å². The molecule has 1 aromatic rings. The minimum absolute atomic E-state index is 0.0421. The van der Waals surface area contributed by atoms with Crippen molar-refractivity contribution in [2.45, 2.75) is 30.7 Å². The second-order valence-electron chi connectivity index (χ2n) is 5.27. The molecule has 7 nitrogen and oxygen atoms in total. The van der Waals surface area contributed by atoms with E-state index in [1.807, 2.05) is 7.05 Å². The molecular formula is C13H18BrN3O4S. The highest BCUT2D eigenvalue weighted by Gasteiger charge is 2.31. The predicted molar refractivity (Wildman–Crippen MR) is 86.4 cm³/mol. The highest BCUT2D eigenvalue weighted by atomic mass is 79.9. The van der Waals surface area contributed by atoms with E-state index in [4.69, 9.17) is 0 Å². The lowest BCUT2D eigenvalue weighted by Gasteiger charge is -2.31. The molecule has 1 N–H and O–H groups in total. The molecule has 1 saturated heterocycles. The number of nitro benzene ring substituents is 1. The molecule has 1 fully saturated rings. The van der Waals surface area contributed by atoms with Gasteiger partial charge >= 0.3 is 0 Å². The van der Waals surface area contributed by atoms with Crippen LogP contribution < -0.4 is 5.32 Å². The van der Waals surface area contributed by atoms with Gasteiger partial charge in [-0.15, -0.1) is 0 Å². The van der Waals surface area contributed by atoms with Gasteiger partial charge in [0.05, 0.1) is 9.82 Å². The molecule has 0 saturated carbocycles. The molecule has 0 unspecified atom stereocenters. The maximum absolute atomic E-state index is 12.7. The summed E-state index contributed by atoms with van der Waals surface area (Å²) < 4.78 is 27.2. The summed E-state index contributed by atoms with van der Waals surface area (Å²) in [6.45, 7) is 2.40. The van der Waals surface area contributed by atoms with E-state index in [0.717, 1.165) is 18.9 Å². The van der Waals surface area contributed by atoms with Crippen LogP contribution >= 0.6 is 15.9 Å². The lowest BCUT2D eigenvalue weighted by molar-refractivity contribution is -0.385. The smallest absolute Gasteiger partial charge is 0.274 e. The lowest BCUT2D eigenvalue weighted by atomic mass is 10.1. The van der Waals surface area contributed by atoms with Gasteiger partial charge in [-0.25, -0.2) is 8.42 Å². The van der Waals surface area contributed by atoms with Crippen LogP contribution in [0.15, 0.2) is 21.5 Å². The van der Waals surface area contributed by atoms with Crippen molar-refractivity contribution >= 4 is 31.6 Å². The second-order valence-corrected chi connectivity index (χ2v) is 8.07. The summed E-state index contributed by atoms with van der Waals surface area (Å²) in [4.78, 5) is 10.5. The van der Waals surface area contributed by atoms with Crippen LogP contribution in [0.25, 0.3) is 0 Å². The zero-order valence-electron chi connectivity index (χ0n) is 12.4. The summed E-state index contributed by atoms with van der Waals surface area (Å²) >= 11 is 3.21. The Hall–Kier alpha value is -1.03. The third-order valence-corrected chi connectivity index (χ3v) is 6.69. The van der Waals surface area contributed by atoms with Crippen LogP contribution in [0.4, 0.5) is 5.69 Å². The van der Waals surface area contributed by atoms with E-state index in [0.29, 0.717) is 29.2 Å². The average molecular weight is 392 g/mol. The highest BCUT2D eigenvalue weighted by Crippen LogP contribution is 2.31. The van der Waals surface area contributed by atoms with E-state index in [1.165, 1.54) is 10.4 Å². The van der Waals surface area contributed by atoms with E-state index in [1.54, 1.807) is 6.92 Å². The SMILES string of the molecule is CNC1CCN(S(=O)(=O)c2cc(Br)c(C)c([N+](=O)[O-])c2)CC1. The zero-order chi connectivity index (χ0) is 16.5. The summed E-state index contributed by atoms with van der Waals surface area (Å²) in [5.41, 5.74) is 0.218. The molecule has 1 aliphatic heterocycles. The van der Waals surface area contributed by atoms with Crippen LogP contribution in [0.3, 0.4) is 0 Å². The van der Waals surface area contributed by atoms with Gasteiger partial charge in [0.2, 0.25) is 10.0 Å². The standard InChI is InChI=1S/C13H18BrN3O4S/c1-9-12(14)7-11(8-13(9)17(18)19)22(20,21)16-5-3-10(15-2)4-6-16/h7-8,10,15H,3-6H2,1-2H3. The fourth-order valence-electron chi connectivity index (χ4n) is 2.51. The van der Waals surface area contributed by atoms with Gasteiger partial charge in [-0.3, -0.25) is 10.1 Å². The van der Waals surface area contributed by atoms with Crippen LogP contribution in [0, 0.1) is 17.0 Å². The lowest BCUT2D eigenvalue weighted by Crippen LogP contribution is -2.43. The molecule has 1 aliphatic rings. The fourth-order valence-corrected chi connectivity index (χ4v) is 4.63. The largest absolute Gasteiger partial charge is 0.317 e. The zero-order valence-corrected chi connectivity index (χ0v) is 14.8. The Morgan fingerprint density at radius 2 is 1.95 bits per heavy atom. The molecule has 0 aliphatic carbocycles. The molecule has 0 radical (unpaired) electrons. The quantitative estimate of drug-likeness (QED) is 0.625. The summed E-state index contributed by atoms with van der Waals surface area (Å²) in [5.74, 6) is 0. The third-order valence-electron chi connectivity index (χ3n) is 3.99. The Labute approximate surface area is 138 Å². The predicted octanol–water partition coefficient (Wildman–Crippen LogP) is 2.04. The Kier molecular flexibility index (Phi) is 5.21. The minimum atomic E-state index is -3.72. The summed E-state index contributed by atoms with van der Waals surface area (Å²) in [7, 11) is -1.86. The first kappa shape index (κ1) is 17.3. The number of sulfonamides is 1. The molecule has 0 atom stereocenters. The fraction of sp³-hybridized carbons (Fsp3) is 0.538. The van der Waals surface area contributed by atoms with E-state index < -0.39 is 14.9 Å². The minimum Gasteiger partial charge on any atom is -0.317 e. The number of piperidine rings is 1. The van der Waals surface area contributed by atoms with Gasteiger partial charge in [-0.2, -0.15) is 4.31 Å². The molecule has 0 amide bonds. The van der Waals surface area contributed by atoms with Gasteiger partial charge in [0, 0.05) is 35.2 Å². The van der Waals surface area contributed by atoms with Gasteiger partial charge < -0.3 is 5.32 Å². The number of hydrogen-bond donors (Lipinski definition) is 1. The molecule has 1 heterocycles. The number of benzene rings is 1. The topological polar surface area (TPSA) is 92.6 Å². The first-order chi connectivity index (χ1) is 10.3. The second kappa shape index (κ2) is 6.61. The molecule has 0 aromatic heterocycles. The van der Waals surface area contributed by atoms with Gasteiger partial charge in [0.15, 0.2) is 0 Å². The normalized spacial score (nSPS) is 17.6. The van der Waals surface area contributed by atoms with Crippen molar-refractivity contribution in [2.24, 2.45) is 0 Å². The maximum Gasteiger partial charge on any atom is 0.274 e. The van der Waals surface area contributed by atoms with Crippen molar-refractivity contribution in [2.75, 3.05) is 20.1 Å². The number of nitro groups is 1. The van der Waals surface area contributed by atoms with E-state index in [9.17, 15) is 18.5 Å². The first-order valence-electron chi connectivity index (χ1n) is 6.89. The monoisotopic (exact) mass is 391 g/mol. The Morgan fingerprint density at radius 3 is 2.45 bits per heavy atom. The van der Waals surface area contributed by atoms with Crippen LogP contribution in [-0.2, 0) is 10.0 Å². The molecule has 0 spiro atoms. The number of rotatable bonds is 4. The maximum atomic E-state index is 12.7. The first-order valence-corrected chi connectivity index (χ1v) is 9.12. The van der Waals surface area contributed by atoms with Crippen molar-refractivity contribution in [1.29, 1.82) is 0 Å². The van der Waals surface area contributed by atoms with Crippen LogP contribution in [-0.4, -0.2) is 43.8 Å². The molecule has 0 bridgehead atoms. The van der Waals surface area contributed by atoms with E-state index in [-0.39, 0.29) is 10.6 Å². The molecule has 122 valence electrons. The van der Waals surface area contributed by atoms with Gasteiger partial charge in [-0.1, -0.05) is 15.9 Å². The Morgan fingerprint density at radius 1 is 1.36 bits per heavy atom. The van der Waals surface area contributed by atoms with Crippen LogP contribution in [0.5, 0.6) is 0 Å². The average Bonchev–Trinajstić information content (AvgIpc) is 2.49. The Bertz CT molecular complexity index is 685. The van der Waals surface area contributed by atoms with Crippen molar-refractivity contribution in [3.05, 3.63) is 32.3 Å². The van der Waals surface area contributed by atoms with Gasteiger partial charge in [0.25, 0.3) is 5.69 Å². The van der Waals surface area contributed by atoms with Crippen molar-refractivity contribution in [3.63, 3.8) is 0 Å². The number of halogens is 1. The molecule has 1 aromatic carbocycles. The molecule has 22 heavy (non-hydrogen) atoms. The third kappa shape index (κ3) is 3.32. The van der Waals surface area contributed by atoms with E-state index in [2.05, 4.69) is 21.2 Å². The van der Waals surface area contributed by atoms with Gasteiger partial charge in [-0.05, 0) is 32.9 Å². The highest BCUT2D eigenvalue weighted by molar-refractivity contribution is 9.10. The van der Waals surface area contributed by atoms with Crippen molar-refractivity contribution in [1.82, 2.24) is 9.62 Å². The summed E-state index contributed by atoms with van der Waals surface area (Å²) in [5, 5.41) is 14.2. The van der Waals surface area contributed by atoms with Crippen molar-refractivity contribution in [3.8, 4) is 0 Å². The van der Waals surface area contributed by atoms with Crippen molar-refractivity contribution < 1.29 is 13.3 Å². The molecular weight excluding hydrogens is 374 g/mol. The molecule has 9 heteroatoms. The summed E-state index contributed by atoms with van der Waals surface area (Å²) in [6.07, 6.45) is 1.45. The van der Waals surface area contributed by atoms with Crippen LogP contribution in [0.2, 0.25) is 0 Å².